The monoisotopic (exact) mass is 239 g/mol. The summed E-state index contributed by atoms with van der Waals surface area (Å²) < 4.78 is 0. The summed E-state index contributed by atoms with van der Waals surface area (Å²) in [5.74, 6) is 2.85. The van der Waals surface area contributed by atoms with Crippen molar-refractivity contribution in [2.24, 2.45) is 0 Å². The minimum atomic E-state index is -0.400. The predicted molar refractivity (Wildman–Crippen MR) is 64.9 cm³/mol. The molecule has 0 aromatic carbocycles. The average molecular weight is 239 g/mol. The Morgan fingerprint density at radius 1 is 1.62 bits per heavy atom. The topological polar surface area (TPSA) is 68.1 Å². The summed E-state index contributed by atoms with van der Waals surface area (Å²) in [6.45, 7) is 0. The summed E-state index contributed by atoms with van der Waals surface area (Å²) >= 11 is 1.91. The lowest BCUT2D eigenvalue weighted by Gasteiger charge is -2.22. The van der Waals surface area contributed by atoms with Gasteiger partial charge in [-0.15, -0.1) is 0 Å². The second-order valence-electron chi connectivity index (χ2n) is 3.71. The lowest BCUT2D eigenvalue weighted by Crippen LogP contribution is -2.26. The fourth-order valence-corrected chi connectivity index (χ4v) is 2.75. The van der Waals surface area contributed by atoms with E-state index in [1.807, 2.05) is 11.8 Å². The summed E-state index contributed by atoms with van der Waals surface area (Å²) in [6.07, 6.45) is 3.77. The number of aromatic nitrogens is 1. The Labute approximate surface area is 97.8 Å². The van der Waals surface area contributed by atoms with E-state index in [1.54, 1.807) is 0 Å². The van der Waals surface area contributed by atoms with Crippen molar-refractivity contribution in [3.8, 4) is 0 Å². The van der Waals surface area contributed by atoms with Crippen LogP contribution in [0.2, 0.25) is 0 Å². The van der Waals surface area contributed by atoms with E-state index in [-0.39, 0.29) is 5.69 Å². The Hall–Kier alpha value is -1.30. The fourth-order valence-electron chi connectivity index (χ4n) is 1.68. The van der Waals surface area contributed by atoms with E-state index in [1.165, 1.54) is 30.5 Å². The van der Waals surface area contributed by atoms with Gasteiger partial charge >= 0.3 is 0 Å². The molecule has 0 bridgehead atoms. The Balaban J connectivity index is 2.02. The van der Waals surface area contributed by atoms with Crippen molar-refractivity contribution in [3.63, 3.8) is 0 Å². The molecule has 1 aliphatic rings. The Bertz CT molecular complexity index is 380. The minimum Gasteiger partial charge on any atom is -0.366 e. The van der Waals surface area contributed by atoms with Crippen LogP contribution in [0.1, 0.15) is 12.8 Å². The molecule has 1 aromatic rings. The number of thioether (sulfide) groups is 1. The molecule has 1 fully saturated rings. The van der Waals surface area contributed by atoms with Gasteiger partial charge < -0.3 is 5.32 Å². The van der Waals surface area contributed by atoms with Crippen LogP contribution in [0.5, 0.6) is 0 Å². The van der Waals surface area contributed by atoms with Crippen LogP contribution in [0.3, 0.4) is 0 Å². The first kappa shape index (κ1) is 11.2. The predicted octanol–water partition coefficient (Wildman–Crippen LogP) is 2.30. The van der Waals surface area contributed by atoms with Crippen molar-refractivity contribution >= 4 is 23.3 Å². The van der Waals surface area contributed by atoms with Crippen LogP contribution in [-0.4, -0.2) is 27.5 Å². The Morgan fingerprint density at radius 3 is 3.19 bits per heavy atom. The van der Waals surface area contributed by atoms with Gasteiger partial charge in [0.25, 0.3) is 5.69 Å². The van der Waals surface area contributed by atoms with Gasteiger partial charge in [-0.3, -0.25) is 10.1 Å². The molecule has 16 heavy (non-hydrogen) atoms. The lowest BCUT2D eigenvalue weighted by atomic mass is 10.2. The van der Waals surface area contributed by atoms with E-state index < -0.39 is 4.92 Å². The molecular formula is C10H13N3O2S. The first-order valence-corrected chi connectivity index (χ1v) is 6.36. The van der Waals surface area contributed by atoms with Crippen LogP contribution in [0.25, 0.3) is 0 Å². The van der Waals surface area contributed by atoms with E-state index >= 15 is 0 Å². The molecule has 1 saturated heterocycles. The van der Waals surface area contributed by atoms with Gasteiger partial charge in [-0.2, -0.15) is 11.8 Å². The standard InChI is InChI=1S/C10H13N3O2S/c14-13(15)9-3-4-11-10(6-9)12-8-2-1-5-16-7-8/h3-4,6,8H,1-2,5,7H2,(H,11,12). The zero-order chi connectivity index (χ0) is 11.4. The van der Waals surface area contributed by atoms with Crippen LogP contribution in [0.4, 0.5) is 11.5 Å². The van der Waals surface area contributed by atoms with Gasteiger partial charge in [0.05, 0.1) is 11.0 Å². The van der Waals surface area contributed by atoms with Gasteiger partial charge in [-0.1, -0.05) is 0 Å². The third-order valence-corrected chi connectivity index (χ3v) is 3.68. The summed E-state index contributed by atoms with van der Waals surface area (Å²) in [5.41, 5.74) is 0.0842. The lowest BCUT2D eigenvalue weighted by molar-refractivity contribution is -0.384. The number of nitrogens with zero attached hydrogens (tertiary/aromatic N) is 2. The van der Waals surface area contributed by atoms with Gasteiger partial charge in [0.2, 0.25) is 0 Å². The maximum Gasteiger partial charge on any atom is 0.274 e. The van der Waals surface area contributed by atoms with Crippen LogP contribution in [-0.2, 0) is 0 Å². The molecule has 5 nitrogen and oxygen atoms in total. The highest BCUT2D eigenvalue weighted by Gasteiger charge is 2.15. The van der Waals surface area contributed by atoms with Gasteiger partial charge in [0.15, 0.2) is 0 Å². The number of hydrogen-bond donors (Lipinski definition) is 1. The molecule has 6 heteroatoms. The SMILES string of the molecule is O=[N+]([O-])c1ccnc(NC2CCCSC2)c1. The molecule has 0 radical (unpaired) electrons. The molecule has 0 saturated carbocycles. The van der Waals surface area contributed by atoms with Crippen LogP contribution in [0, 0.1) is 10.1 Å². The molecule has 1 aliphatic heterocycles. The van der Waals surface area contributed by atoms with Crippen molar-refractivity contribution in [2.75, 3.05) is 16.8 Å². The number of rotatable bonds is 3. The summed E-state index contributed by atoms with van der Waals surface area (Å²) in [5, 5.41) is 13.8. The van der Waals surface area contributed by atoms with Crippen LogP contribution in [0.15, 0.2) is 18.3 Å². The highest BCUT2D eigenvalue weighted by molar-refractivity contribution is 7.99. The van der Waals surface area contributed by atoms with Crippen molar-refractivity contribution in [1.82, 2.24) is 4.98 Å². The number of pyridine rings is 1. The van der Waals surface area contributed by atoms with E-state index in [0.29, 0.717) is 11.9 Å². The number of nitro groups is 1. The highest BCUT2D eigenvalue weighted by atomic mass is 32.2. The van der Waals surface area contributed by atoms with Crippen molar-refractivity contribution < 1.29 is 4.92 Å². The largest absolute Gasteiger partial charge is 0.366 e. The fraction of sp³-hybridized carbons (Fsp3) is 0.500. The third kappa shape index (κ3) is 2.85. The van der Waals surface area contributed by atoms with Crippen LogP contribution >= 0.6 is 11.8 Å². The van der Waals surface area contributed by atoms with E-state index in [2.05, 4.69) is 10.3 Å². The van der Waals surface area contributed by atoms with E-state index in [9.17, 15) is 10.1 Å². The number of nitrogens with one attached hydrogen (secondary N) is 1. The zero-order valence-electron chi connectivity index (χ0n) is 8.76. The molecular weight excluding hydrogens is 226 g/mol. The van der Waals surface area contributed by atoms with Crippen molar-refractivity contribution in [1.29, 1.82) is 0 Å². The normalized spacial score (nSPS) is 20.4. The Kier molecular flexibility index (Phi) is 3.61. The first-order chi connectivity index (χ1) is 7.75. The molecule has 2 rings (SSSR count). The Morgan fingerprint density at radius 2 is 2.50 bits per heavy atom. The molecule has 0 aliphatic carbocycles. The second kappa shape index (κ2) is 5.16. The molecule has 0 spiro atoms. The molecule has 1 unspecified atom stereocenters. The molecule has 1 N–H and O–H groups in total. The highest BCUT2D eigenvalue weighted by Crippen LogP contribution is 2.21. The average Bonchev–Trinajstić information content (AvgIpc) is 2.30. The molecule has 1 atom stereocenters. The minimum absolute atomic E-state index is 0.0842. The molecule has 0 amide bonds. The molecule has 86 valence electrons. The van der Waals surface area contributed by atoms with Gasteiger partial charge in [-0.25, -0.2) is 4.98 Å². The second-order valence-corrected chi connectivity index (χ2v) is 4.86. The quantitative estimate of drug-likeness (QED) is 0.647. The number of anilines is 1. The van der Waals surface area contributed by atoms with E-state index in [0.717, 1.165) is 12.2 Å². The van der Waals surface area contributed by atoms with Crippen LogP contribution < -0.4 is 5.32 Å². The van der Waals surface area contributed by atoms with E-state index in [4.69, 9.17) is 0 Å². The van der Waals surface area contributed by atoms with Crippen molar-refractivity contribution in [2.45, 2.75) is 18.9 Å². The smallest absolute Gasteiger partial charge is 0.274 e. The summed E-state index contributed by atoms with van der Waals surface area (Å²) in [6, 6.07) is 3.27. The van der Waals surface area contributed by atoms with Gasteiger partial charge in [0, 0.05) is 24.1 Å². The van der Waals surface area contributed by atoms with Gasteiger partial charge in [0.1, 0.15) is 5.82 Å². The summed E-state index contributed by atoms with van der Waals surface area (Å²) in [4.78, 5) is 14.3. The molecule has 1 aromatic heterocycles. The summed E-state index contributed by atoms with van der Waals surface area (Å²) in [7, 11) is 0. The molecule has 2 heterocycles. The number of hydrogen-bond acceptors (Lipinski definition) is 5. The van der Waals surface area contributed by atoms with Gasteiger partial charge in [-0.05, 0) is 18.6 Å². The van der Waals surface area contributed by atoms with Crippen molar-refractivity contribution in [3.05, 3.63) is 28.4 Å². The maximum absolute atomic E-state index is 10.6. The zero-order valence-corrected chi connectivity index (χ0v) is 9.57. The maximum atomic E-state index is 10.6. The third-order valence-electron chi connectivity index (χ3n) is 2.47. The first-order valence-electron chi connectivity index (χ1n) is 5.20.